The van der Waals surface area contributed by atoms with Gasteiger partial charge in [0.05, 0.1) is 6.04 Å². The van der Waals surface area contributed by atoms with E-state index in [2.05, 4.69) is 23.4 Å². The van der Waals surface area contributed by atoms with E-state index < -0.39 is 0 Å². The Morgan fingerprint density at radius 1 is 0.944 bits per heavy atom. The smallest absolute Gasteiger partial charge is 0.115 e. The van der Waals surface area contributed by atoms with Gasteiger partial charge in [0.1, 0.15) is 5.75 Å². The summed E-state index contributed by atoms with van der Waals surface area (Å²) in [6, 6.07) is 13.3. The maximum atomic E-state index is 10.6. The summed E-state index contributed by atoms with van der Waals surface area (Å²) in [6.07, 6.45) is 1.50. The van der Waals surface area contributed by atoms with Crippen molar-refractivity contribution in [2.24, 2.45) is 5.18 Å². The molecule has 0 heterocycles. The zero-order chi connectivity index (χ0) is 12.5. The van der Waals surface area contributed by atoms with Crippen LogP contribution >= 0.6 is 0 Å². The van der Waals surface area contributed by atoms with Crippen molar-refractivity contribution in [3.05, 3.63) is 58.5 Å². The molecule has 3 heteroatoms. The van der Waals surface area contributed by atoms with Gasteiger partial charge in [0.2, 0.25) is 0 Å². The van der Waals surface area contributed by atoms with E-state index in [9.17, 15) is 10.0 Å². The molecule has 0 saturated carbocycles. The number of phenolic OH excluding ortho intramolecular Hbond substituents is 1. The molecule has 1 unspecified atom stereocenters. The minimum Gasteiger partial charge on any atom is -0.508 e. The van der Waals surface area contributed by atoms with Crippen molar-refractivity contribution < 1.29 is 5.11 Å². The summed E-state index contributed by atoms with van der Waals surface area (Å²) < 4.78 is 0. The van der Waals surface area contributed by atoms with E-state index in [-0.39, 0.29) is 11.8 Å². The molecule has 0 aliphatic heterocycles. The Morgan fingerprint density at radius 2 is 1.61 bits per heavy atom. The van der Waals surface area contributed by atoms with Gasteiger partial charge in [-0.2, -0.15) is 4.91 Å². The molecule has 0 bridgehead atoms. The van der Waals surface area contributed by atoms with Gasteiger partial charge in [-0.1, -0.05) is 35.5 Å². The van der Waals surface area contributed by atoms with Crippen LogP contribution in [0, 0.1) is 4.91 Å². The second-order valence-electron chi connectivity index (χ2n) is 4.70. The van der Waals surface area contributed by atoms with Gasteiger partial charge in [-0.25, -0.2) is 0 Å². The Bertz CT molecular complexity index is 590. The zero-order valence-electron chi connectivity index (χ0n) is 9.84. The van der Waals surface area contributed by atoms with E-state index in [1.807, 2.05) is 12.1 Å². The van der Waals surface area contributed by atoms with E-state index in [0.29, 0.717) is 0 Å². The fraction of sp³-hybridized carbons (Fsp3) is 0.200. The van der Waals surface area contributed by atoms with Crippen molar-refractivity contribution in [3.63, 3.8) is 0 Å². The number of hydrogen-bond acceptors (Lipinski definition) is 3. The van der Waals surface area contributed by atoms with Crippen LogP contribution in [0.3, 0.4) is 0 Å². The second kappa shape index (κ2) is 4.26. The number of nitrogens with zero attached hydrogens (tertiary/aromatic N) is 1. The molecule has 3 rings (SSSR count). The Labute approximate surface area is 105 Å². The second-order valence-corrected chi connectivity index (χ2v) is 4.70. The first-order valence-electron chi connectivity index (χ1n) is 6.00. The number of benzene rings is 2. The molecule has 2 aromatic rings. The van der Waals surface area contributed by atoms with Crippen LogP contribution in [0.1, 0.15) is 11.1 Å². The molecule has 18 heavy (non-hydrogen) atoms. The Balaban J connectivity index is 1.96. The van der Waals surface area contributed by atoms with Crippen LogP contribution in [0.4, 0.5) is 0 Å². The van der Waals surface area contributed by atoms with Crippen LogP contribution in [-0.4, -0.2) is 11.1 Å². The fourth-order valence-electron chi connectivity index (χ4n) is 2.50. The van der Waals surface area contributed by atoms with Gasteiger partial charge in [-0.15, -0.1) is 0 Å². The predicted octanol–water partition coefficient (Wildman–Crippen LogP) is 3.29. The number of nitroso groups, excluding NO2 is 1. The Hall–Kier alpha value is -2.16. The highest BCUT2D eigenvalue weighted by Crippen LogP contribution is 2.29. The SMILES string of the molecule is O=NC1Cc2ccc(-c3ccc(O)cc3)cc2C1. The Kier molecular flexibility index (Phi) is 2.59. The van der Waals surface area contributed by atoms with E-state index in [1.54, 1.807) is 12.1 Å². The van der Waals surface area contributed by atoms with Crippen molar-refractivity contribution in [2.45, 2.75) is 18.9 Å². The molecule has 0 aromatic heterocycles. The molecule has 0 radical (unpaired) electrons. The summed E-state index contributed by atoms with van der Waals surface area (Å²) in [5, 5.41) is 12.4. The largest absolute Gasteiger partial charge is 0.508 e. The van der Waals surface area contributed by atoms with Crippen molar-refractivity contribution in [1.29, 1.82) is 0 Å². The highest BCUT2D eigenvalue weighted by Gasteiger charge is 2.22. The highest BCUT2D eigenvalue weighted by molar-refractivity contribution is 5.66. The van der Waals surface area contributed by atoms with Crippen LogP contribution < -0.4 is 0 Å². The molecule has 0 amide bonds. The summed E-state index contributed by atoms with van der Waals surface area (Å²) in [4.78, 5) is 10.6. The standard InChI is InChI=1S/C15H13NO2/c17-15-5-3-10(4-6-15)11-1-2-12-8-14(16-18)9-13(12)7-11/h1-7,14,17H,8-9H2. The highest BCUT2D eigenvalue weighted by atomic mass is 16.3. The van der Waals surface area contributed by atoms with E-state index in [4.69, 9.17) is 0 Å². The fourth-order valence-corrected chi connectivity index (χ4v) is 2.50. The molecule has 0 saturated heterocycles. The monoisotopic (exact) mass is 239 g/mol. The zero-order valence-corrected chi connectivity index (χ0v) is 9.84. The van der Waals surface area contributed by atoms with Crippen molar-refractivity contribution in [3.8, 4) is 16.9 Å². The molecule has 1 atom stereocenters. The summed E-state index contributed by atoms with van der Waals surface area (Å²) in [6.45, 7) is 0. The van der Waals surface area contributed by atoms with Gasteiger partial charge in [0.15, 0.2) is 0 Å². The summed E-state index contributed by atoms with van der Waals surface area (Å²) >= 11 is 0. The van der Waals surface area contributed by atoms with Gasteiger partial charge in [0.25, 0.3) is 0 Å². The number of fused-ring (bicyclic) bond motifs is 1. The number of phenols is 1. The van der Waals surface area contributed by atoms with Crippen LogP contribution in [0.25, 0.3) is 11.1 Å². The maximum Gasteiger partial charge on any atom is 0.115 e. The molecule has 0 fully saturated rings. The van der Waals surface area contributed by atoms with Gasteiger partial charge in [-0.05, 0) is 47.2 Å². The van der Waals surface area contributed by atoms with Gasteiger partial charge in [0, 0.05) is 0 Å². The van der Waals surface area contributed by atoms with Crippen LogP contribution in [0.5, 0.6) is 5.75 Å². The number of rotatable bonds is 2. The van der Waals surface area contributed by atoms with Gasteiger partial charge >= 0.3 is 0 Å². The third-order valence-electron chi connectivity index (χ3n) is 3.47. The number of aromatic hydroxyl groups is 1. The molecule has 90 valence electrons. The lowest BCUT2D eigenvalue weighted by molar-refractivity contribution is 0.475. The van der Waals surface area contributed by atoms with Crippen LogP contribution in [-0.2, 0) is 12.8 Å². The first-order chi connectivity index (χ1) is 8.76. The van der Waals surface area contributed by atoms with E-state index in [0.717, 1.165) is 24.0 Å². The molecule has 0 spiro atoms. The minimum absolute atomic E-state index is 0.102. The average Bonchev–Trinajstić information content (AvgIpc) is 2.81. The molecule has 3 nitrogen and oxygen atoms in total. The molecule has 1 N–H and O–H groups in total. The first-order valence-corrected chi connectivity index (χ1v) is 6.00. The van der Waals surface area contributed by atoms with Crippen LogP contribution in [0.15, 0.2) is 47.6 Å². The summed E-state index contributed by atoms with van der Waals surface area (Å²) in [5.41, 5.74) is 4.62. The Morgan fingerprint density at radius 3 is 2.33 bits per heavy atom. The van der Waals surface area contributed by atoms with Crippen molar-refractivity contribution in [2.75, 3.05) is 0 Å². The molecular formula is C15H13NO2. The maximum absolute atomic E-state index is 10.6. The lowest BCUT2D eigenvalue weighted by atomic mass is 10.0. The first kappa shape index (κ1) is 11.0. The lowest BCUT2D eigenvalue weighted by Gasteiger charge is -2.05. The normalized spacial score (nSPS) is 17.4. The van der Waals surface area contributed by atoms with Crippen molar-refractivity contribution in [1.82, 2.24) is 0 Å². The number of hydrogen-bond donors (Lipinski definition) is 1. The summed E-state index contributed by atoms with van der Waals surface area (Å²) in [7, 11) is 0. The van der Waals surface area contributed by atoms with E-state index >= 15 is 0 Å². The molecule has 1 aliphatic rings. The van der Waals surface area contributed by atoms with Gasteiger partial charge in [-0.3, -0.25) is 0 Å². The molecule has 2 aromatic carbocycles. The molecule has 1 aliphatic carbocycles. The predicted molar refractivity (Wildman–Crippen MR) is 70.5 cm³/mol. The third kappa shape index (κ3) is 1.88. The topological polar surface area (TPSA) is 49.7 Å². The average molecular weight is 239 g/mol. The van der Waals surface area contributed by atoms with Crippen molar-refractivity contribution >= 4 is 0 Å². The lowest BCUT2D eigenvalue weighted by Crippen LogP contribution is -2.00. The molecular weight excluding hydrogens is 226 g/mol. The van der Waals surface area contributed by atoms with Crippen LogP contribution in [0.2, 0.25) is 0 Å². The summed E-state index contributed by atoms with van der Waals surface area (Å²) in [5.74, 6) is 0.269. The minimum atomic E-state index is -0.102. The third-order valence-corrected chi connectivity index (χ3v) is 3.47. The quantitative estimate of drug-likeness (QED) is 0.817. The van der Waals surface area contributed by atoms with Gasteiger partial charge < -0.3 is 5.11 Å². The van der Waals surface area contributed by atoms with E-state index in [1.165, 1.54) is 11.1 Å².